The number of carbonyl (C=O) groups excluding carboxylic acids is 1. The van der Waals surface area contributed by atoms with Gasteiger partial charge in [-0.05, 0) is 24.5 Å². The van der Waals surface area contributed by atoms with E-state index in [9.17, 15) is 9.18 Å². The maximum absolute atomic E-state index is 14.1. The Labute approximate surface area is 124 Å². The van der Waals surface area contributed by atoms with Gasteiger partial charge >= 0.3 is 0 Å². The van der Waals surface area contributed by atoms with E-state index < -0.39 is 0 Å². The van der Waals surface area contributed by atoms with Gasteiger partial charge in [0.2, 0.25) is 5.91 Å². The van der Waals surface area contributed by atoms with Crippen LogP contribution in [0.2, 0.25) is 0 Å². The zero-order chi connectivity index (χ0) is 14.8. The molecule has 3 rings (SSSR count). The van der Waals surface area contributed by atoms with Crippen molar-refractivity contribution in [2.24, 2.45) is 0 Å². The first kappa shape index (κ1) is 14.5. The Morgan fingerprint density at radius 1 is 1.43 bits per heavy atom. The number of benzene rings is 1. The van der Waals surface area contributed by atoms with Gasteiger partial charge in [0.25, 0.3) is 0 Å². The molecule has 0 bridgehead atoms. The van der Waals surface area contributed by atoms with Gasteiger partial charge in [0, 0.05) is 37.5 Å². The van der Waals surface area contributed by atoms with Crippen LogP contribution >= 0.6 is 0 Å². The van der Waals surface area contributed by atoms with Gasteiger partial charge in [0.15, 0.2) is 0 Å². The van der Waals surface area contributed by atoms with E-state index in [4.69, 9.17) is 0 Å². The van der Waals surface area contributed by atoms with Gasteiger partial charge in [-0.15, -0.1) is 0 Å². The summed E-state index contributed by atoms with van der Waals surface area (Å²) in [6.07, 6.45) is 2.54. The third kappa shape index (κ3) is 2.68. The highest BCUT2D eigenvalue weighted by atomic mass is 19.1. The zero-order valence-corrected chi connectivity index (χ0v) is 12.3. The highest BCUT2D eigenvalue weighted by molar-refractivity contribution is 5.76. The SMILES string of the molecule is CCC(=O)N1CCCC1C1NNCC1c1ccccc1F. The second-order valence-corrected chi connectivity index (χ2v) is 5.83. The van der Waals surface area contributed by atoms with Crippen LogP contribution in [0.1, 0.15) is 37.7 Å². The molecule has 1 aromatic carbocycles. The fourth-order valence-corrected chi connectivity index (χ4v) is 3.64. The van der Waals surface area contributed by atoms with E-state index in [2.05, 4.69) is 10.9 Å². The molecule has 0 radical (unpaired) electrons. The molecular weight excluding hydrogens is 269 g/mol. The van der Waals surface area contributed by atoms with Crippen LogP contribution in [-0.2, 0) is 4.79 Å². The first-order valence-corrected chi connectivity index (χ1v) is 7.74. The van der Waals surface area contributed by atoms with Gasteiger partial charge in [-0.1, -0.05) is 25.1 Å². The summed E-state index contributed by atoms with van der Waals surface area (Å²) in [4.78, 5) is 14.1. The molecule has 0 saturated carbocycles. The van der Waals surface area contributed by atoms with Crippen LogP contribution in [0.25, 0.3) is 0 Å². The number of hydrogen-bond acceptors (Lipinski definition) is 3. The zero-order valence-electron chi connectivity index (χ0n) is 12.3. The monoisotopic (exact) mass is 291 g/mol. The first-order valence-electron chi connectivity index (χ1n) is 7.74. The number of nitrogens with zero attached hydrogens (tertiary/aromatic N) is 1. The minimum absolute atomic E-state index is 0.0569. The van der Waals surface area contributed by atoms with E-state index in [0.29, 0.717) is 13.0 Å². The number of rotatable bonds is 3. The first-order chi connectivity index (χ1) is 10.2. The van der Waals surface area contributed by atoms with Gasteiger partial charge in [0.05, 0.1) is 0 Å². The topological polar surface area (TPSA) is 44.4 Å². The molecule has 114 valence electrons. The Morgan fingerprint density at radius 3 is 3.00 bits per heavy atom. The van der Waals surface area contributed by atoms with Gasteiger partial charge in [-0.3, -0.25) is 15.6 Å². The molecule has 2 fully saturated rings. The molecule has 1 aromatic rings. The fourth-order valence-electron chi connectivity index (χ4n) is 3.64. The molecule has 2 aliphatic rings. The molecule has 3 unspecified atom stereocenters. The molecule has 1 amide bonds. The lowest BCUT2D eigenvalue weighted by atomic mass is 9.87. The molecule has 0 aliphatic carbocycles. The van der Waals surface area contributed by atoms with Crippen LogP contribution in [0.3, 0.4) is 0 Å². The molecule has 2 N–H and O–H groups in total. The second-order valence-electron chi connectivity index (χ2n) is 5.83. The van der Waals surface area contributed by atoms with Crippen molar-refractivity contribution in [3.8, 4) is 0 Å². The lowest BCUT2D eigenvalue weighted by Crippen LogP contribution is -2.49. The van der Waals surface area contributed by atoms with Crippen molar-refractivity contribution in [3.05, 3.63) is 35.6 Å². The summed E-state index contributed by atoms with van der Waals surface area (Å²) in [5.41, 5.74) is 7.15. The normalized spacial score (nSPS) is 29.0. The van der Waals surface area contributed by atoms with Crippen LogP contribution in [0.5, 0.6) is 0 Å². The standard InChI is InChI=1S/C16H22FN3O/c1-2-15(21)20-9-5-8-14(20)16-12(10-18-19-16)11-6-3-4-7-13(11)17/h3-4,6-7,12,14,16,18-19H,2,5,8-10H2,1H3. The lowest BCUT2D eigenvalue weighted by molar-refractivity contribution is -0.132. The Hall–Kier alpha value is -1.46. The summed E-state index contributed by atoms with van der Waals surface area (Å²) >= 11 is 0. The van der Waals surface area contributed by atoms with Gasteiger partial charge in [-0.2, -0.15) is 0 Å². The van der Waals surface area contributed by atoms with Gasteiger partial charge < -0.3 is 4.90 Å². The molecular formula is C16H22FN3O. The summed E-state index contributed by atoms with van der Waals surface area (Å²) in [6.45, 7) is 3.40. The number of hydrazine groups is 1. The highest BCUT2D eigenvalue weighted by Gasteiger charge is 2.41. The van der Waals surface area contributed by atoms with Crippen molar-refractivity contribution >= 4 is 5.91 Å². The minimum atomic E-state index is -0.163. The van der Waals surface area contributed by atoms with E-state index in [1.54, 1.807) is 6.07 Å². The molecule has 2 aliphatic heterocycles. The van der Waals surface area contributed by atoms with Crippen molar-refractivity contribution in [2.45, 2.75) is 44.2 Å². The quantitative estimate of drug-likeness (QED) is 0.892. The summed E-state index contributed by atoms with van der Waals surface area (Å²) in [6, 6.07) is 7.16. The minimum Gasteiger partial charge on any atom is -0.338 e. The number of likely N-dealkylation sites (tertiary alicyclic amines) is 1. The van der Waals surface area contributed by atoms with Crippen molar-refractivity contribution in [3.63, 3.8) is 0 Å². The lowest BCUT2D eigenvalue weighted by Gasteiger charge is -2.32. The largest absolute Gasteiger partial charge is 0.338 e. The van der Waals surface area contributed by atoms with Crippen LogP contribution in [0.15, 0.2) is 24.3 Å². The van der Waals surface area contributed by atoms with Crippen molar-refractivity contribution in [1.29, 1.82) is 0 Å². The van der Waals surface area contributed by atoms with E-state index in [1.165, 1.54) is 6.07 Å². The molecule has 2 saturated heterocycles. The smallest absolute Gasteiger partial charge is 0.222 e. The number of halogens is 1. The van der Waals surface area contributed by atoms with Crippen molar-refractivity contribution in [2.75, 3.05) is 13.1 Å². The van der Waals surface area contributed by atoms with Crippen LogP contribution < -0.4 is 10.9 Å². The van der Waals surface area contributed by atoms with Crippen LogP contribution in [0.4, 0.5) is 4.39 Å². The maximum Gasteiger partial charge on any atom is 0.222 e. The third-order valence-electron chi connectivity index (χ3n) is 4.67. The average molecular weight is 291 g/mol. The molecule has 3 atom stereocenters. The van der Waals surface area contributed by atoms with E-state index in [0.717, 1.165) is 24.9 Å². The van der Waals surface area contributed by atoms with E-state index in [-0.39, 0.29) is 29.7 Å². The van der Waals surface area contributed by atoms with Crippen LogP contribution in [0, 0.1) is 5.82 Å². The maximum atomic E-state index is 14.1. The number of carbonyl (C=O) groups is 1. The van der Waals surface area contributed by atoms with Gasteiger partial charge in [-0.25, -0.2) is 4.39 Å². The molecule has 4 nitrogen and oxygen atoms in total. The van der Waals surface area contributed by atoms with E-state index >= 15 is 0 Å². The highest BCUT2D eigenvalue weighted by Crippen LogP contribution is 2.32. The van der Waals surface area contributed by atoms with E-state index in [1.807, 2.05) is 24.0 Å². The number of nitrogens with one attached hydrogen (secondary N) is 2. The summed E-state index contributed by atoms with van der Waals surface area (Å²) in [5, 5.41) is 0. The summed E-state index contributed by atoms with van der Waals surface area (Å²) < 4.78 is 14.1. The van der Waals surface area contributed by atoms with Crippen molar-refractivity contribution in [1.82, 2.24) is 15.8 Å². The summed E-state index contributed by atoms with van der Waals surface area (Å²) in [5.74, 6) is 0.0873. The predicted molar refractivity (Wildman–Crippen MR) is 79.1 cm³/mol. The van der Waals surface area contributed by atoms with Crippen molar-refractivity contribution < 1.29 is 9.18 Å². The third-order valence-corrected chi connectivity index (χ3v) is 4.67. The average Bonchev–Trinajstić information content (AvgIpc) is 3.15. The molecule has 2 heterocycles. The predicted octanol–water partition coefficient (Wildman–Crippen LogP) is 1.79. The second kappa shape index (κ2) is 6.12. The fraction of sp³-hybridized carbons (Fsp3) is 0.562. The Morgan fingerprint density at radius 2 is 2.24 bits per heavy atom. The van der Waals surface area contributed by atoms with Gasteiger partial charge in [0.1, 0.15) is 5.82 Å². The van der Waals surface area contributed by atoms with Crippen LogP contribution in [-0.4, -0.2) is 36.0 Å². The molecule has 21 heavy (non-hydrogen) atoms. The molecule has 5 heteroatoms. The molecule has 0 aromatic heterocycles. The Kier molecular flexibility index (Phi) is 4.22. The summed E-state index contributed by atoms with van der Waals surface area (Å²) in [7, 11) is 0. The Balaban J connectivity index is 1.84. The Bertz CT molecular complexity index is 522. The number of amides is 1. The number of hydrogen-bond donors (Lipinski definition) is 2. The molecule has 0 spiro atoms.